The van der Waals surface area contributed by atoms with Gasteiger partial charge in [-0.25, -0.2) is 9.78 Å². The highest BCUT2D eigenvalue weighted by molar-refractivity contribution is 7.15. The first kappa shape index (κ1) is 14.0. The standard InChI is InChI=1S/C15H17N3O2S/c1-20-15(19)17-14-16-12-7-8-18(10-13(12)21-14)9-11-5-3-2-4-6-11/h2-6H,7-10H2,1H3,(H,16,17,19). The van der Waals surface area contributed by atoms with Gasteiger partial charge in [0.15, 0.2) is 5.13 Å². The van der Waals surface area contributed by atoms with Gasteiger partial charge in [0.1, 0.15) is 0 Å². The van der Waals surface area contributed by atoms with Crippen molar-refractivity contribution >= 4 is 22.6 Å². The number of nitrogens with zero attached hydrogens (tertiary/aromatic N) is 2. The Balaban J connectivity index is 1.66. The zero-order valence-electron chi connectivity index (χ0n) is 11.8. The van der Waals surface area contributed by atoms with Gasteiger partial charge in [-0.1, -0.05) is 41.7 Å². The number of methoxy groups -OCH3 is 1. The second-order valence-corrected chi connectivity index (χ2v) is 6.04. The number of carbonyl (C=O) groups excluding carboxylic acids is 1. The Kier molecular flexibility index (Phi) is 4.17. The highest BCUT2D eigenvalue weighted by atomic mass is 32.1. The molecule has 0 aliphatic carbocycles. The molecule has 0 fully saturated rings. The lowest BCUT2D eigenvalue weighted by Crippen LogP contribution is -2.29. The maximum atomic E-state index is 11.2. The summed E-state index contributed by atoms with van der Waals surface area (Å²) in [7, 11) is 1.35. The fourth-order valence-electron chi connectivity index (χ4n) is 2.42. The molecule has 3 rings (SSSR count). The van der Waals surface area contributed by atoms with Crippen molar-refractivity contribution in [3.05, 3.63) is 46.5 Å². The van der Waals surface area contributed by atoms with Crippen LogP contribution in [0.5, 0.6) is 0 Å². The molecule has 5 nitrogen and oxygen atoms in total. The van der Waals surface area contributed by atoms with Crippen LogP contribution in [0.4, 0.5) is 9.93 Å². The zero-order valence-corrected chi connectivity index (χ0v) is 12.7. The van der Waals surface area contributed by atoms with E-state index in [4.69, 9.17) is 0 Å². The lowest BCUT2D eigenvalue weighted by molar-refractivity contribution is 0.187. The number of hydrogen-bond acceptors (Lipinski definition) is 5. The Morgan fingerprint density at radius 3 is 3.00 bits per heavy atom. The van der Waals surface area contributed by atoms with Crippen LogP contribution in [0, 0.1) is 0 Å². The fourth-order valence-corrected chi connectivity index (χ4v) is 3.45. The van der Waals surface area contributed by atoms with Crippen LogP contribution in [0.15, 0.2) is 30.3 Å². The normalized spacial score (nSPS) is 14.5. The molecular formula is C15H17N3O2S. The molecule has 0 saturated carbocycles. The third kappa shape index (κ3) is 3.40. The number of thiazole rings is 1. The van der Waals surface area contributed by atoms with Crippen molar-refractivity contribution in [1.29, 1.82) is 0 Å². The van der Waals surface area contributed by atoms with Crippen LogP contribution in [0.2, 0.25) is 0 Å². The van der Waals surface area contributed by atoms with Crippen LogP contribution in [0.1, 0.15) is 16.1 Å². The first-order valence-corrected chi connectivity index (χ1v) is 7.66. The van der Waals surface area contributed by atoms with Crippen molar-refractivity contribution in [1.82, 2.24) is 9.88 Å². The van der Waals surface area contributed by atoms with Crippen molar-refractivity contribution < 1.29 is 9.53 Å². The molecule has 2 heterocycles. The molecule has 2 aromatic rings. The molecule has 1 N–H and O–H groups in total. The number of fused-ring (bicyclic) bond motifs is 1. The number of rotatable bonds is 3. The van der Waals surface area contributed by atoms with E-state index in [1.54, 1.807) is 0 Å². The third-order valence-electron chi connectivity index (χ3n) is 3.45. The smallest absolute Gasteiger partial charge is 0.413 e. The molecule has 1 aliphatic rings. The van der Waals surface area contributed by atoms with Crippen LogP contribution in [0.25, 0.3) is 0 Å². The van der Waals surface area contributed by atoms with E-state index in [0.717, 1.165) is 31.7 Å². The fraction of sp³-hybridized carbons (Fsp3) is 0.333. The number of nitrogens with one attached hydrogen (secondary N) is 1. The molecule has 0 atom stereocenters. The number of benzene rings is 1. The van der Waals surface area contributed by atoms with Crippen molar-refractivity contribution in [2.24, 2.45) is 0 Å². The largest absolute Gasteiger partial charge is 0.453 e. The Morgan fingerprint density at radius 1 is 1.43 bits per heavy atom. The molecule has 0 bridgehead atoms. The summed E-state index contributed by atoms with van der Waals surface area (Å²) in [5, 5.41) is 3.26. The number of hydrogen-bond donors (Lipinski definition) is 1. The molecule has 0 radical (unpaired) electrons. The van der Waals surface area contributed by atoms with Gasteiger partial charge >= 0.3 is 6.09 Å². The minimum absolute atomic E-state index is 0.470. The molecule has 1 aromatic carbocycles. The molecule has 110 valence electrons. The molecule has 1 aromatic heterocycles. The van der Waals surface area contributed by atoms with Gasteiger partial charge in [0, 0.05) is 30.9 Å². The minimum atomic E-state index is -0.470. The maximum Gasteiger partial charge on any atom is 0.413 e. The van der Waals surface area contributed by atoms with Gasteiger partial charge in [0.2, 0.25) is 0 Å². The summed E-state index contributed by atoms with van der Waals surface area (Å²) < 4.78 is 4.59. The topological polar surface area (TPSA) is 54.5 Å². The second kappa shape index (κ2) is 6.24. The predicted octanol–water partition coefficient (Wildman–Crippen LogP) is 2.88. The molecule has 0 saturated heterocycles. The molecular weight excluding hydrogens is 286 g/mol. The molecule has 21 heavy (non-hydrogen) atoms. The molecule has 6 heteroatoms. The van der Waals surface area contributed by atoms with Crippen molar-refractivity contribution in [3.63, 3.8) is 0 Å². The monoisotopic (exact) mass is 303 g/mol. The number of anilines is 1. The summed E-state index contributed by atoms with van der Waals surface area (Å²) in [4.78, 5) is 19.3. The SMILES string of the molecule is COC(=O)Nc1nc2c(s1)CN(Cc1ccccc1)CC2. The number of amides is 1. The summed E-state index contributed by atoms with van der Waals surface area (Å²) in [5.41, 5.74) is 2.41. The van der Waals surface area contributed by atoms with E-state index in [9.17, 15) is 4.79 Å². The van der Waals surface area contributed by atoms with Gasteiger partial charge in [-0.15, -0.1) is 0 Å². The number of carbonyl (C=O) groups is 1. The average Bonchev–Trinajstić information content (AvgIpc) is 2.89. The summed E-state index contributed by atoms with van der Waals surface area (Å²) in [6.07, 6.45) is 0.448. The van der Waals surface area contributed by atoms with E-state index in [1.165, 1.54) is 28.9 Å². The molecule has 0 unspecified atom stereocenters. The number of ether oxygens (including phenoxy) is 1. The second-order valence-electron chi connectivity index (χ2n) is 4.95. The summed E-state index contributed by atoms with van der Waals surface area (Å²) >= 11 is 1.53. The van der Waals surface area contributed by atoms with Gasteiger partial charge in [-0.2, -0.15) is 0 Å². The van der Waals surface area contributed by atoms with E-state index < -0.39 is 6.09 Å². The van der Waals surface area contributed by atoms with Crippen molar-refractivity contribution in [3.8, 4) is 0 Å². The first-order chi connectivity index (χ1) is 10.2. The number of aromatic nitrogens is 1. The van der Waals surface area contributed by atoms with Crippen molar-refractivity contribution in [2.75, 3.05) is 19.0 Å². The Morgan fingerprint density at radius 2 is 2.24 bits per heavy atom. The maximum absolute atomic E-state index is 11.2. The van der Waals surface area contributed by atoms with Crippen LogP contribution < -0.4 is 5.32 Å². The van der Waals surface area contributed by atoms with Crippen LogP contribution in [0.3, 0.4) is 0 Å². The van der Waals surface area contributed by atoms with Crippen LogP contribution >= 0.6 is 11.3 Å². The lowest BCUT2D eigenvalue weighted by atomic mass is 10.1. The molecule has 0 spiro atoms. The first-order valence-electron chi connectivity index (χ1n) is 6.84. The Bertz CT molecular complexity index is 627. The van der Waals surface area contributed by atoms with Crippen molar-refractivity contribution in [2.45, 2.75) is 19.5 Å². The van der Waals surface area contributed by atoms with E-state index in [2.05, 4.69) is 44.2 Å². The van der Waals surface area contributed by atoms with E-state index in [0.29, 0.717) is 5.13 Å². The minimum Gasteiger partial charge on any atom is -0.453 e. The summed E-state index contributed by atoms with van der Waals surface area (Å²) in [5.74, 6) is 0. The average molecular weight is 303 g/mol. The summed E-state index contributed by atoms with van der Waals surface area (Å²) in [6.45, 7) is 2.81. The third-order valence-corrected chi connectivity index (χ3v) is 4.45. The van der Waals surface area contributed by atoms with E-state index >= 15 is 0 Å². The molecule has 1 amide bonds. The Labute approximate surface area is 127 Å². The highest BCUT2D eigenvalue weighted by Crippen LogP contribution is 2.29. The van der Waals surface area contributed by atoms with E-state index in [-0.39, 0.29) is 0 Å². The highest BCUT2D eigenvalue weighted by Gasteiger charge is 2.21. The van der Waals surface area contributed by atoms with Crippen LogP contribution in [-0.2, 0) is 24.2 Å². The Hall–Kier alpha value is -1.92. The lowest BCUT2D eigenvalue weighted by Gasteiger charge is -2.25. The van der Waals surface area contributed by atoms with Gasteiger partial charge in [-0.05, 0) is 5.56 Å². The van der Waals surface area contributed by atoms with Gasteiger partial charge in [0.25, 0.3) is 0 Å². The summed E-state index contributed by atoms with van der Waals surface area (Å²) in [6, 6.07) is 10.5. The van der Waals surface area contributed by atoms with Gasteiger partial charge < -0.3 is 4.74 Å². The predicted molar refractivity (Wildman–Crippen MR) is 82.4 cm³/mol. The van der Waals surface area contributed by atoms with E-state index in [1.807, 2.05) is 6.07 Å². The zero-order chi connectivity index (χ0) is 14.7. The van der Waals surface area contributed by atoms with Crippen LogP contribution in [-0.4, -0.2) is 29.6 Å². The van der Waals surface area contributed by atoms with Gasteiger partial charge in [0.05, 0.1) is 12.8 Å². The quantitative estimate of drug-likeness (QED) is 0.947. The van der Waals surface area contributed by atoms with Gasteiger partial charge in [-0.3, -0.25) is 10.2 Å². The molecule has 1 aliphatic heterocycles.